The fraction of sp³-hybridized carbons (Fsp3) is 0.492. The molecule has 1 fully saturated rings. The summed E-state index contributed by atoms with van der Waals surface area (Å²) in [5, 5.41) is 21.8. The number of hydrogen-bond acceptors (Lipinski definition) is 9. The molecule has 4 aromatic rings. The minimum absolute atomic E-state index is 0.0409. The van der Waals surface area contributed by atoms with Gasteiger partial charge in [-0.05, 0) is 116 Å². The molecule has 7 N–H and O–H groups in total. The van der Waals surface area contributed by atoms with Gasteiger partial charge < -0.3 is 47.0 Å². The maximum absolute atomic E-state index is 15.4. The SMILES string of the molecule is CN[C@@H](C)C(=O)N[C@H](C(=O)N1C(C(=O)NCc2ccc(C(=O)N[C@H]3C[C@@H](C(=O)N[C@@H]4CCCc5ccccc54)N(C(=O)[C@@H](NC(=O)[C@H](C)NC)C(C)(C)C)C3)cc2)Cc2ccccc2C1[C@H](C)c1ccccc1Cl)C(C)(C)C. The largest absolute Gasteiger partial charge is 0.350 e. The summed E-state index contributed by atoms with van der Waals surface area (Å²) in [5.41, 5.74) is 4.39. The first-order valence-corrected chi connectivity index (χ1v) is 27.8. The molecule has 0 spiro atoms. The Balaban J connectivity index is 1.10. The van der Waals surface area contributed by atoms with Gasteiger partial charge >= 0.3 is 0 Å². The first kappa shape index (κ1) is 59.0. The molecule has 3 aliphatic rings. The topological polar surface area (TPSA) is 210 Å². The van der Waals surface area contributed by atoms with Crippen molar-refractivity contribution in [2.24, 2.45) is 10.8 Å². The van der Waals surface area contributed by atoms with E-state index in [2.05, 4.69) is 43.3 Å². The van der Waals surface area contributed by atoms with E-state index in [1.54, 1.807) is 57.1 Å². The van der Waals surface area contributed by atoms with Crippen LogP contribution in [0.3, 0.4) is 0 Å². The van der Waals surface area contributed by atoms with Crippen molar-refractivity contribution in [3.63, 3.8) is 0 Å². The molecular weight excluding hydrogens is 1010 g/mol. The first-order chi connectivity index (χ1) is 36.9. The number of fused-ring (bicyclic) bond motifs is 2. The lowest BCUT2D eigenvalue weighted by Crippen LogP contribution is -2.63. The highest BCUT2D eigenvalue weighted by atomic mass is 35.5. The van der Waals surface area contributed by atoms with E-state index in [1.165, 1.54) is 10.5 Å². The Labute approximate surface area is 465 Å². The molecule has 0 aromatic heterocycles. The molecule has 2 aliphatic heterocycles. The Morgan fingerprint density at radius 2 is 1.22 bits per heavy atom. The summed E-state index contributed by atoms with van der Waals surface area (Å²) < 4.78 is 0. The van der Waals surface area contributed by atoms with Crippen LogP contribution in [-0.4, -0.2) is 114 Å². The number of halogens is 1. The normalized spacial score (nSPS) is 21.1. The number of rotatable bonds is 17. The number of nitrogens with zero attached hydrogens (tertiary/aromatic N) is 2. The molecule has 16 nitrogen and oxygen atoms in total. The number of benzene rings is 4. The third-order valence-corrected chi connectivity index (χ3v) is 16.2. The highest BCUT2D eigenvalue weighted by Crippen LogP contribution is 2.45. The van der Waals surface area contributed by atoms with Crippen LogP contribution in [0.15, 0.2) is 97.1 Å². The van der Waals surface area contributed by atoms with Crippen molar-refractivity contribution in [2.45, 2.75) is 161 Å². The van der Waals surface area contributed by atoms with Gasteiger partial charge in [-0.2, -0.15) is 0 Å². The summed E-state index contributed by atoms with van der Waals surface area (Å²) in [6, 6.07) is 23.6. The second kappa shape index (κ2) is 25.0. The van der Waals surface area contributed by atoms with Crippen LogP contribution < -0.4 is 37.2 Å². The monoisotopic (exact) mass is 1090 g/mol. The Morgan fingerprint density at radius 1 is 0.654 bits per heavy atom. The number of amides is 7. The van der Waals surface area contributed by atoms with Gasteiger partial charge in [0.15, 0.2) is 0 Å². The molecule has 78 heavy (non-hydrogen) atoms. The van der Waals surface area contributed by atoms with E-state index in [1.807, 2.05) is 115 Å². The van der Waals surface area contributed by atoms with Crippen LogP contribution in [0.25, 0.3) is 0 Å². The van der Waals surface area contributed by atoms with E-state index >= 15 is 4.79 Å². The van der Waals surface area contributed by atoms with E-state index < -0.39 is 82.8 Å². The van der Waals surface area contributed by atoms with Crippen molar-refractivity contribution in [1.29, 1.82) is 0 Å². The van der Waals surface area contributed by atoms with Crippen LogP contribution >= 0.6 is 11.6 Å². The summed E-state index contributed by atoms with van der Waals surface area (Å²) in [7, 11) is 3.34. The fourth-order valence-electron chi connectivity index (χ4n) is 11.1. The van der Waals surface area contributed by atoms with Gasteiger partial charge in [-0.25, -0.2) is 0 Å². The summed E-state index contributed by atoms with van der Waals surface area (Å²) >= 11 is 6.85. The van der Waals surface area contributed by atoms with E-state index in [0.29, 0.717) is 16.1 Å². The molecule has 1 saturated heterocycles. The molecule has 1 aliphatic carbocycles. The minimum atomic E-state index is -1.00. The molecule has 2 unspecified atom stereocenters. The molecule has 4 aromatic carbocycles. The van der Waals surface area contributed by atoms with Crippen LogP contribution in [0.5, 0.6) is 0 Å². The van der Waals surface area contributed by atoms with Gasteiger partial charge in [-0.15, -0.1) is 0 Å². The molecule has 0 bridgehead atoms. The molecular formula is C61H80ClN9O7. The number of hydrogen-bond donors (Lipinski definition) is 7. The van der Waals surface area contributed by atoms with Crippen molar-refractivity contribution in [2.75, 3.05) is 20.6 Å². The summed E-state index contributed by atoms with van der Waals surface area (Å²) in [5.74, 6) is -3.02. The number of carbonyl (C=O) groups excluding carboxylic acids is 7. The van der Waals surface area contributed by atoms with Gasteiger partial charge in [0.2, 0.25) is 35.4 Å². The third-order valence-electron chi connectivity index (χ3n) is 15.9. The predicted molar refractivity (Wildman–Crippen MR) is 303 cm³/mol. The Hall–Kier alpha value is -6.62. The number of likely N-dealkylation sites (N-methyl/N-ethyl adjacent to an activating group) is 2. The van der Waals surface area contributed by atoms with E-state index in [4.69, 9.17) is 11.6 Å². The zero-order valence-electron chi connectivity index (χ0n) is 47.1. The molecule has 0 saturated carbocycles. The van der Waals surface area contributed by atoms with E-state index in [0.717, 1.165) is 41.5 Å². The van der Waals surface area contributed by atoms with Crippen LogP contribution in [0.2, 0.25) is 5.02 Å². The third kappa shape index (κ3) is 13.4. The van der Waals surface area contributed by atoms with Crippen molar-refractivity contribution in [1.82, 2.24) is 47.0 Å². The standard InChI is InChI=1S/C61H80ClN9O7/c1-35(43-22-16-17-25-46(43)62)50-45-24-15-13-20-41(45)31-49(71(50)59(78)52(61(7,8)9)69-54(73)37(3)64-11)56(75)65-33-38-27-29-40(30-28-38)55(74)66-42-32-48(57(76)67-47-26-18-21-39-19-12-14-23-44(39)47)70(34-42)58(77)51(60(4,5)6)68-53(72)36(2)63-10/h12-17,19-20,22-25,27-30,35-37,42,47-52,63-64H,18,21,26,31-34H2,1-11H3,(H,65,75)(H,66,74)(H,67,76)(H,68,72)(H,69,73)/t35-,36+,37+,42+,47-,48+,49?,50?,51-,52-/m1/s1. The van der Waals surface area contributed by atoms with Gasteiger partial charge in [0.1, 0.15) is 24.2 Å². The molecule has 7 amide bonds. The van der Waals surface area contributed by atoms with Crippen LogP contribution in [0.1, 0.15) is 143 Å². The minimum Gasteiger partial charge on any atom is -0.350 e. The fourth-order valence-corrected chi connectivity index (χ4v) is 11.4. The average molecular weight is 1090 g/mol. The average Bonchev–Trinajstić information content (AvgIpc) is 4.01. The highest BCUT2D eigenvalue weighted by molar-refractivity contribution is 6.31. The number of nitrogens with one attached hydrogen (secondary N) is 7. The molecule has 2 heterocycles. The van der Waals surface area contributed by atoms with Crippen molar-refractivity contribution < 1.29 is 33.6 Å². The van der Waals surface area contributed by atoms with Crippen molar-refractivity contribution in [3.05, 3.63) is 141 Å². The lowest BCUT2D eigenvalue weighted by Gasteiger charge is -2.48. The van der Waals surface area contributed by atoms with Crippen LogP contribution in [0.4, 0.5) is 0 Å². The quantitative estimate of drug-likeness (QED) is 0.0621. The number of likely N-dealkylation sites (tertiary alicyclic amines) is 1. The molecule has 7 rings (SSSR count). The first-order valence-electron chi connectivity index (χ1n) is 27.4. The van der Waals surface area contributed by atoms with Crippen molar-refractivity contribution in [3.8, 4) is 0 Å². The molecule has 10 atom stereocenters. The van der Waals surface area contributed by atoms with Crippen LogP contribution in [0, 0.1) is 10.8 Å². The number of aryl methyl sites for hydroxylation is 1. The van der Waals surface area contributed by atoms with Gasteiger partial charge in [-0.1, -0.05) is 139 Å². The molecule has 0 radical (unpaired) electrons. The van der Waals surface area contributed by atoms with Crippen molar-refractivity contribution >= 4 is 53.0 Å². The van der Waals surface area contributed by atoms with Gasteiger partial charge in [0.05, 0.1) is 24.2 Å². The van der Waals surface area contributed by atoms with Gasteiger partial charge in [0, 0.05) is 42.1 Å². The number of carbonyl (C=O) groups is 7. The lowest BCUT2D eigenvalue weighted by atomic mass is 9.77. The second-order valence-electron chi connectivity index (χ2n) is 23.5. The Kier molecular flexibility index (Phi) is 18.9. The molecule has 17 heteroatoms. The van der Waals surface area contributed by atoms with E-state index in [-0.39, 0.29) is 55.6 Å². The van der Waals surface area contributed by atoms with Crippen LogP contribution in [-0.2, 0) is 48.2 Å². The van der Waals surface area contributed by atoms with Gasteiger partial charge in [-0.3, -0.25) is 33.6 Å². The smallest absolute Gasteiger partial charge is 0.251 e. The summed E-state index contributed by atoms with van der Waals surface area (Å²) in [6.07, 6.45) is 2.94. The van der Waals surface area contributed by atoms with E-state index in [9.17, 15) is 28.8 Å². The zero-order chi connectivity index (χ0) is 56.8. The summed E-state index contributed by atoms with van der Waals surface area (Å²) in [6.45, 7) is 16.8. The maximum Gasteiger partial charge on any atom is 0.251 e. The summed E-state index contributed by atoms with van der Waals surface area (Å²) in [4.78, 5) is 103. The van der Waals surface area contributed by atoms with Gasteiger partial charge in [0.25, 0.3) is 5.91 Å². The zero-order valence-corrected chi connectivity index (χ0v) is 47.8. The molecule has 418 valence electrons. The highest BCUT2D eigenvalue weighted by Gasteiger charge is 2.49. The second-order valence-corrected chi connectivity index (χ2v) is 23.9. The Bertz CT molecular complexity index is 2850. The lowest BCUT2D eigenvalue weighted by molar-refractivity contribution is -0.150. The predicted octanol–water partition coefficient (Wildman–Crippen LogP) is 6.43. The Morgan fingerprint density at radius 3 is 1.82 bits per heavy atom. The maximum atomic E-state index is 15.4.